The second kappa shape index (κ2) is 5.21. The third kappa shape index (κ3) is 2.23. The number of unbranched alkanes of at least 4 members (excludes halogenated alkanes) is 1. The monoisotopic (exact) mass is 246 g/mol. The molecule has 96 valence electrons. The number of aliphatic carboxylic acids is 1. The summed E-state index contributed by atoms with van der Waals surface area (Å²) >= 11 is 0. The fourth-order valence-electron chi connectivity index (χ4n) is 2.15. The number of imidazole rings is 1. The molecule has 0 radical (unpaired) electrons. The molecule has 0 aliphatic carbocycles. The molecule has 2 rings (SSSR count). The van der Waals surface area contributed by atoms with E-state index in [1.807, 2.05) is 28.8 Å². The maximum Gasteiger partial charge on any atom is 0.326 e. The van der Waals surface area contributed by atoms with Crippen molar-refractivity contribution in [1.82, 2.24) is 9.55 Å². The van der Waals surface area contributed by atoms with E-state index in [-0.39, 0.29) is 0 Å². The Kier molecular flexibility index (Phi) is 3.65. The molecule has 18 heavy (non-hydrogen) atoms. The number of benzene rings is 1. The predicted molar refractivity (Wildman–Crippen MR) is 70.7 cm³/mol. The molecule has 1 N–H and O–H groups in total. The molecule has 0 saturated heterocycles. The van der Waals surface area contributed by atoms with Gasteiger partial charge in [-0.2, -0.15) is 0 Å². The first-order chi connectivity index (χ1) is 8.65. The van der Waals surface area contributed by atoms with Gasteiger partial charge >= 0.3 is 5.97 Å². The molecule has 0 amide bonds. The molecule has 0 bridgehead atoms. The molecule has 0 saturated carbocycles. The molecule has 0 aliphatic rings. The summed E-state index contributed by atoms with van der Waals surface area (Å²) in [6, 6.07) is 7.12. The van der Waals surface area contributed by atoms with Crippen molar-refractivity contribution in [3.63, 3.8) is 0 Å². The molecule has 1 atom stereocenters. The number of rotatable bonds is 5. The summed E-state index contributed by atoms with van der Waals surface area (Å²) in [5, 5.41) is 9.21. The van der Waals surface area contributed by atoms with Crippen molar-refractivity contribution in [1.29, 1.82) is 0 Å². The Bertz CT molecular complexity index is 560. The van der Waals surface area contributed by atoms with Crippen LogP contribution in [0.25, 0.3) is 11.0 Å². The average molecular weight is 246 g/mol. The van der Waals surface area contributed by atoms with Crippen molar-refractivity contribution >= 4 is 17.0 Å². The van der Waals surface area contributed by atoms with Gasteiger partial charge in [0.25, 0.3) is 0 Å². The van der Waals surface area contributed by atoms with Gasteiger partial charge in [-0.05, 0) is 25.5 Å². The third-order valence-electron chi connectivity index (χ3n) is 3.17. The summed E-state index contributed by atoms with van der Waals surface area (Å²) in [7, 11) is 0. The van der Waals surface area contributed by atoms with Crippen LogP contribution in [0.1, 0.15) is 38.6 Å². The minimum absolute atomic E-state index is 0.579. The Labute approximate surface area is 106 Å². The SMILES string of the molecule is CCCCc1nc2ccccc2n1[C@H](C)C(=O)O. The number of carboxylic acids is 1. The topological polar surface area (TPSA) is 55.1 Å². The zero-order chi connectivity index (χ0) is 13.1. The van der Waals surface area contributed by atoms with Gasteiger partial charge < -0.3 is 9.67 Å². The number of carbonyl (C=O) groups is 1. The zero-order valence-corrected chi connectivity index (χ0v) is 10.8. The van der Waals surface area contributed by atoms with Gasteiger partial charge in [0.15, 0.2) is 0 Å². The summed E-state index contributed by atoms with van der Waals surface area (Å²) < 4.78 is 1.84. The summed E-state index contributed by atoms with van der Waals surface area (Å²) in [5.41, 5.74) is 1.77. The van der Waals surface area contributed by atoms with Crippen LogP contribution >= 0.6 is 0 Å². The molecule has 1 aromatic heterocycles. The lowest BCUT2D eigenvalue weighted by atomic mass is 10.2. The Morgan fingerprint density at radius 2 is 2.17 bits per heavy atom. The number of para-hydroxylation sites is 2. The van der Waals surface area contributed by atoms with Gasteiger partial charge in [0.2, 0.25) is 0 Å². The fraction of sp³-hybridized carbons (Fsp3) is 0.429. The van der Waals surface area contributed by atoms with Crippen LogP contribution in [-0.2, 0) is 11.2 Å². The highest BCUT2D eigenvalue weighted by molar-refractivity contribution is 5.80. The smallest absolute Gasteiger partial charge is 0.326 e. The second-order valence-electron chi connectivity index (χ2n) is 4.50. The van der Waals surface area contributed by atoms with Crippen molar-refractivity contribution < 1.29 is 9.90 Å². The van der Waals surface area contributed by atoms with E-state index in [1.165, 1.54) is 0 Å². The van der Waals surface area contributed by atoms with Crippen molar-refractivity contribution in [3.8, 4) is 0 Å². The minimum Gasteiger partial charge on any atom is -0.480 e. The maximum absolute atomic E-state index is 11.2. The van der Waals surface area contributed by atoms with E-state index in [1.54, 1.807) is 6.92 Å². The fourth-order valence-corrected chi connectivity index (χ4v) is 2.15. The summed E-state index contributed by atoms with van der Waals surface area (Å²) in [5.74, 6) is 0.0452. The quantitative estimate of drug-likeness (QED) is 0.882. The molecule has 4 heteroatoms. The predicted octanol–water partition coefficient (Wildman–Crippen LogP) is 3.02. The molecule has 4 nitrogen and oxygen atoms in total. The average Bonchev–Trinajstić information content (AvgIpc) is 2.73. The Balaban J connectivity index is 2.53. The molecule has 1 aromatic carbocycles. The summed E-state index contributed by atoms with van der Waals surface area (Å²) in [6.45, 7) is 3.82. The van der Waals surface area contributed by atoms with E-state index in [4.69, 9.17) is 0 Å². The van der Waals surface area contributed by atoms with E-state index < -0.39 is 12.0 Å². The highest BCUT2D eigenvalue weighted by Crippen LogP contribution is 2.22. The second-order valence-corrected chi connectivity index (χ2v) is 4.50. The first-order valence-electron chi connectivity index (χ1n) is 6.33. The molecule has 1 heterocycles. The Morgan fingerprint density at radius 1 is 1.44 bits per heavy atom. The lowest BCUT2D eigenvalue weighted by Gasteiger charge is -2.13. The van der Waals surface area contributed by atoms with Crippen LogP contribution in [0.4, 0.5) is 0 Å². The van der Waals surface area contributed by atoms with E-state index >= 15 is 0 Å². The standard InChI is InChI=1S/C14H18N2O2/c1-3-4-9-13-15-11-7-5-6-8-12(11)16(13)10(2)14(17)18/h5-8,10H,3-4,9H2,1-2H3,(H,17,18)/t10-/m1/s1. The number of carboxylic acid groups (broad SMARTS) is 1. The van der Waals surface area contributed by atoms with Gasteiger partial charge in [0.05, 0.1) is 11.0 Å². The molecule has 2 aromatic rings. The molecule has 0 aliphatic heterocycles. The molecule has 0 fully saturated rings. The van der Waals surface area contributed by atoms with Crippen LogP contribution in [0.3, 0.4) is 0 Å². The number of aryl methyl sites for hydroxylation is 1. The lowest BCUT2D eigenvalue weighted by molar-refractivity contribution is -0.140. The number of aromatic nitrogens is 2. The number of hydrogen-bond donors (Lipinski definition) is 1. The molecular formula is C14H18N2O2. The maximum atomic E-state index is 11.2. The van der Waals surface area contributed by atoms with E-state index in [9.17, 15) is 9.90 Å². The number of fused-ring (bicyclic) bond motifs is 1. The van der Waals surface area contributed by atoms with Gasteiger partial charge in [-0.15, -0.1) is 0 Å². The molecule has 0 spiro atoms. The van der Waals surface area contributed by atoms with Gasteiger partial charge in [-0.3, -0.25) is 0 Å². The van der Waals surface area contributed by atoms with Crippen LogP contribution in [-0.4, -0.2) is 20.6 Å². The van der Waals surface area contributed by atoms with Gasteiger partial charge in [0.1, 0.15) is 11.9 Å². The van der Waals surface area contributed by atoms with Crippen molar-refractivity contribution in [2.45, 2.75) is 39.2 Å². The normalized spacial score (nSPS) is 12.8. The van der Waals surface area contributed by atoms with Crippen LogP contribution in [0.5, 0.6) is 0 Å². The van der Waals surface area contributed by atoms with Crippen LogP contribution in [0.15, 0.2) is 24.3 Å². The van der Waals surface area contributed by atoms with Crippen molar-refractivity contribution in [2.24, 2.45) is 0 Å². The molecular weight excluding hydrogens is 228 g/mol. The minimum atomic E-state index is -0.823. The largest absolute Gasteiger partial charge is 0.480 e. The van der Waals surface area contributed by atoms with E-state index in [0.717, 1.165) is 36.1 Å². The lowest BCUT2D eigenvalue weighted by Crippen LogP contribution is -2.18. The Morgan fingerprint density at radius 3 is 2.83 bits per heavy atom. The summed E-state index contributed by atoms with van der Waals surface area (Å²) in [6.07, 6.45) is 2.92. The number of hydrogen-bond acceptors (Lipinski definition) is 2. The van der Waals surface area contributed by atoms with Gasteiger partial charge in [-0.25, -0.2) is 9.78 Å². The van der Waals surface area contributed by atoms with Gasteiger partial charge in [0, 0.05) is 6.42 Å². The van der Waals surface area contributed by atoms with Crippen LogP contribution in [0, 0.1) is 0 Å². The Hall–Kier alpha value is -1.84. The van der Waals surface area contributed by atoms with E-state index in [2.05, 4.69) is 11.9 Å². The third-order valence-corrected chi connectivity index (χ3v) is 3.17. The van der Waals surface area contributed by atoms with E-state index in [0.29, 0.717) is 0 Å². The van der Waals surface area contributed by atoms with Crippen molar-refractivity contribution in [3.05, 3.63) is 30.1 Å². The van der Waals surface area contributed by atoms with Crippen molar-refractivity contribution in [2.75, 3.05) is 0 Å². The zero-order valence-electron chi connectivity index (χ0n) is 10.8. The highest BCUT2D eigenvalue weighted by Gasteiger charge is 2.20. The first-order valence-corrected chi connectivity index (χ1v) is 6.33. The molecule has 0 unspecified atom stereocenters. The summed E-state index contributed by atoms with van der Waals surface area (Å²) in [4.78, 5) is 15.8. The first kappa shape index (κ1) is 12.6. The van der Waals surface area contributed by atoms with Crippen LogP contribution < -0.4 is 0 Å². The van der Waals surface area contributed by atoms with Crippen LogP contribution in [0.2, 0.25) is 0 Å². The number of nitrogens with zero attached hydrogens (tertiary/aromatic N) is 2. The van der Waals surface area contributed by atoms with Gasteiger partial charge in [-0.1, -0.05) is 25.5 Å². The highest BCUT2D eigenvalue weighted by atomic mass is 16.4.